The predicted octanol–water partition coefficient (Wildman–Crippen LogP) is 1.80. The number of carbonyl (C=O) groups is 1. The molecule has 0 aliphatic carbocycles. The molecule has 3 N–H and O–H groups in total. The van der Waals surface area contributed by atoms with E-state index in [4.69, 9.17) is 10.2 Å². The van der Waals surface area contributed by atoms with Gasteiger partial charge in [-0.2, -0.15) is 0 Å². The second kappa shape index (κ2) is 4.16. The number of nitrogens with two attached hydrogens (primary N) is 1. The number of imidazole rings is 1. The van der Waals surface area contributed by atoms with Gasteiger partial charge in [-0.3, -0.25) is 0 Å². The lowest BCUT2D eigenvalue weighted by Crippen LogP contribution is -2.00. The summed E-state index contributed by atoms with van der Waals surface area (Å²) >= 11 is 0. The van der Waals surface area contributed by atoms with Crippen molar-refractivity contribution in [3.05, 3.63) is 54.0 Å². The Kier molecular flexibility index (Phi) is 2.49. The molecule has 0 spiro atoms. The van der Waals surface area contributed by atoms with Crippen molar-refractivity contribution in [3.8, 4) is 0 Å². The van der Waals surface area contributed by atoms with Gasteiger partial charge >= 0.3 is 5.97 Å². The Bertz CT molecular complexity index is 744. The first-order valence-corrected chi connectivity index (χ1v) is 5.68. The van der Waals surface area contributed by atoms with Crippen molar-refractivity contribution in [2.24, 2.45) is 0 Å². The SMILES string of the molecule is Nc1cccn2c(Cc3ccco3)nc(C(=O)O)c12. The Balaban J connectivity index is 2.20. The monoisotopic (exact) mass is 257 g/mol. The number of pyridine rings is 1. The number of fused-ring (bicyclic) bond motifs is 1. The summed E-state index contributed by atoms with van der Waals surface area (Å²) < 4.78 is 6.94. The van der Waals surface area contributed by atoms with E-state index in [1.807, 2.05) is 6.07 Å². The fraction of sp³-hybridized carbons (Fsp3) is 0.0769. The number of hydrogen-bond acceptors (Lipinski definition) is 4. The van der Waals surface area contributed by atoms with Crippen molar-refractivity contribution in [1.82, 2.24) is 9.38 Å². The first-order valence-electron chi connectivity index (χ1n) is 5.68. The Labute approximate surface area is 108 Å². The van der Waals surface area contributed by atoms with Crippen LogP contribution in [0.1, 0.15) is 22.1 Å². The second-order valence-electron chi connectivity index (χ2n) is 4.12. The van der Waals surface area contributed by atoms with E-state index in [0.29, 0.717) is 29.2 Å². The van der Waals surface area contributed by atoms with Gasteiger partial charge in [0.2, 0.25) is 0 Å². The van der Waals surface area contributed by atoms with Crippen LogP contribution in [-0.4, -0.2) is 20.5 Å². The van der Waals surface area contributed by atoms with Crippen LogP contribution in [-0.2, 0) is 6.42 Å². The number of aromatic nitrogens is 2. The minimum atomic E-state index is -1.10. The standard InChI is InChI=1S/C13H11N3O3/c14-9-4-1-5-16-10(7-8-3-2-6-19-8)15-11(12(9)16)13(17)18/h1-6H,7,14H2,(H,17,18). The van der Waals surface area contributed by atoms with Gasteiger partial charge in [0.15, 0.2) is 5.69 Å². The average molecular weight is 257 g/mol. The molecule has 0 saturated carbocycles. The highest BCUT2D eigenvalue weighted by atomic mass is 16.4. The van der Waals surface area contributed by atoms with Crippen LogP contribution in [0.2, 0.25) is 0 Å². The summed E-state index contributed by atoms with van der Waals surface area (Å²) in [6, 6.07) is 6.99. The molecule has 0 radical (unpaired) electrons. The van der Waals surface area contributed by atoms with Gasteiger partial charge in [0.25, 0.3) is 0 Å². The maximum absolute atomic E-state index is 11.2. The first-order chi connectivity index (χ1) is 9.16. The summed E-state index contributed by atoms with van der Waals surface area (Å²) in [7, 11) is 0. The number of aromatic carboxylic acids is 1. The molecule has 6 heteroatoms. The van der Waals surface area contributed by atoms with Crippen molar-refractivity contribution < 1.29 is 14.3 Å². The fourth-order valence-electron chi connectivity index (χ4n) is 2.07. The maximum Gasteiger partial charge on any atom is 0.356 e. The Morgan fingerprint density at radius 1 is 1.42 bits per heavy atom. The van der Waals surface area contributed by atoms with E-state index in [1.165, 1.54) is 0 Å². The molecule has 0 bridgehead atoms. The van der Waals surface area contributed by atoms with Crippen molar-refractivity contribution >= 4 is 17.2 Å². The smallest absolute Gasteiger partial charge is 0.356 e. The minimum absolute atomic E-state index is 0.0420. The third-order valence-corrected chi connectivity index (χ3v) is 2.88. The summed E-state index contributed by atoms with van der Waals surface area (Å²) in [5.74, 6) is 0.196. The van der Waals surface area contributed by atoms with E-state index in [9.17, 15) is 9.90 Å². The molecule has 0 atom stereocenters. The van der Waals surface area contributed by atoms with Gasteiger partial charge in [0, 0.05) is 6.20 Å². The Morgan fingerprint density at radius 3 is 2.95 bits per heavy atom. The summed E-state index contributed by atoms with van der Waals surface area (Å²) in [6.45, 7) is 0. The number of nitrogens with zero attached hydrogens (tertiary/aromatic N) is 2. The maximum atomic E-state index is 11.2. The predicted molar refractivity (Wildman–Crippen MR) is 68.1 cm³/mol. The molecule has 6 nitrogen and oxygen atoms in total. The van der Waals surface area contributed by atoms with Crippen molar-refractivity contribution in [3.63, 3.8) is 0 Å². The molecule has 19 heavy (non-hydrogen) atoms. The van der Waals surface area contributed by atoms with Crippen LogP contribution in [0.15, 0.2) is 41.1 Å². The summed E-state index contributed by atoms with van der Waals surface area (Å²) in [4.78, 5) is 15.4. The highest BCUT2D eigenvalue weighted by molar-refractivity contribution is 5.97. The van der Waals surface area contributed by atoms with Crippen molar-refractivity contribution in [2.75, 3.05) is 5.73 Å². The molecular formula is C13H11N3O3. The molecule has 0 aliphatic rings. The lowest BCUT2D eigenvalue weighted by Gasteiger charge is -2.01. The van der Waals surface area contributed by atoms with E-state index in [2.05, 4.69) is 4.98 Å². The van der Waals surface area contributed by atoms with Crippen molar-refractivity contribution in [1.29, 1.82) is 0 Å². The molecule has 0 aliphatic heterocycles. The Hall–Kier alpha value is -2.76. The van der Waals surface area contributed by atoms with E-state index >= 15 is 0 Å². The van der Waals surface area contributed by atoms with E-state index in [1.54, 1.807) is 35.1 Å². The highest BCUT2D eigenvalue weighted by Gasteiger charge is 2.19. The lowest BCUT2D eigenvalue weighted by molar-refractivity contribution is 0.0693. The highest BCUT2D eigenvalue weighted by Crippen LogP contribution is 2.21. The molecule has 0 amide bonds. The molecule has 96 valence electrons. The average Bonchev–Trinajstić information content (AvgIpc) is 2.99. The summed E-state index contributed by atoms with van der Waals surface area (Å²) in [6.07, 6.45) is 3.71. The van der Waals surface area contributed by atoms with Gasteiger partial charge in [-0.05, 0) is 24.3 Å². The number of rotatable bonds is 3. The molecule has 0 aromatic carbocycles. The van der Waals surface area contributed by atoms with E-state index in [-0.39, 0.29) is 5.69 Å². The molecular weight excluding hydrogens is 246 g/mol. The zero-order chi connectivity index (χ0) is 13.4. The molecule has 0 fully saturated rings. The number of nitrogen functional groups attached to an aromatic ring is 1. The second-order valence-corrected chi connectivity index (χ2v) is 4.12. The van der Waals surface area contributed by atoms with Crippen LogP contribution >= 0.6 is 0 Å². The van der Waals surface area contributed by atoms with Crippen LogP contribution in [0, 0.1) is 0 Å². The van der Waals surface area contributed by atoms with Gasteiger partial charge in [0.1, 0.15) is 17.1 Å². The third-order valence-electron chi connectivity index (χ3n) is 2.88. The third kappa shape index (κ3) is 1.83. The molecule has 3 rings (SSSR count). The van der Waals surface area contributed by atoms with Gasteiger partial charge < -0.3 is 19.7 Å². The molecule has 3 aromatic rings. The number of carboxylic acid groups (broad SMARTS) is 1. The summed E-state index contributed by atoms with van der Waals surface area (Å²) in [5.41, 5.74) is 6.59. The molecule has 0 unspecified atom stereocenters. The zero-order valence-electron chi connectivity index (χ0n) is 9.91. The van der Waals surface area contributed by atoms with Gasteiger partial charge in [0.05, 0.1) is 18.4 Å². The van der Waals surface area contributed by atoms with Gasteiger partial charge in [-0.15, -0.1) is 0 Å². The quantitative estimate of drug-likeness (QED) is 0.746. The summed E-state index contributed by atoms with van der Waals surface area (Å²) in [5, 5.41) is 9.19. The zero-order valence-corrected chi connectivity index (χ0v) is 9.91. The first kappa shape index (κ1) is 11.3. The van der Waals surface area contributed by atoms with Gasteiger partial charge in [-0.1, -0.05) is 0 Å². The Morgan fingerprint density at radius 2 is 2.26 bits per heavy atom. The lowest BCUT2D eigenvalue weighted by atomic mass is 10.3. The van der Waals surface area contributed by atoms with Crippen molar-refractivity contribution in [2.45, 2.75) is 6.42 Å². The molecule has 3 aromatic heterocycles. The van der Waals surface area contributed by atoms with Crippen LogP contribution in [0.3, 0.4) is 0 Å². The molecule has 3 heterocycles. The van der Waals surface area contributed by atoms with Crippen LogP contribution < -0.4 is 5.73 Å². The van der Waals surface area contributed by atoms with Gasteiger partial charge in [-0.25, -0.2) is 9.78 Å². The topological polar surface area (TPSA) is 93.8 Å². The van der Waals surface area contributed by atoms with Crippen LogP contribution in [0.5, 0.6) is 0 Å². The molecule has 0 saturated heterocycles. The van der Waals surface area contributed by atoms with E-state index < -0.39 is 5.97 Å². The number of furan rings is 1. The fourth-order valence-corrected chi connectivity index (χ4v) is 2.07. The van der Waals surface area contributed by atoms with Crippen LogP contribution in [0.4, 0.5) is 5.69 Å². The van der Waals surface area contributed by atoms with E-state index in [0.717, 1.165) is 0 Å². The minimum Gasteiger partial charge on any atom is -0.476 e. The number of hydrogen-bond donors (Lipinski definition) is 2. The number of anilines is 1. The van der Waals surface area contributed by atoms with Crippen LogP contribution in [0.25, 0.3) is 5.52 Å². The number of carboxylic acids is 1. The largest absolute Gasteiger partial charge is 0.476 e. The normalized spacial score (nSPS) is 10.9.